The maximum Gasteiger partial charge on any atom is 0.261 e. The Morgan fingerprint density at radius 3 is 2.33 bits per heavy atom. The van der Waals surface area contributed by atoms with Crippen LogP contribution in [0, 0.1) is 0 Å². The van der Waals surface area contributed by atoms with Gasteiger partial charge < -0.3 is 4.90 Å². The van der Waals surface area contributed by atoms with Crippen molar-refractivity contribution in [1.82, 2.24) is 9.80 Å². The summed E-state index contributed by atoms with van der Waals surface area (Å²) < 4.78 is 0. The maximum absolute atomic E-state index is 13.2. The molecule has 0 spiro atoms. The molecule has 0 N–H and O–H groups in total. The second kappa shape index (κ2) is 7.54. The molecule has 1 fully saturated rings. The van der Waals surface area contributed by atoms with E-state index in [4.69, 9.17) is 0 Å². The summed E-state index contributed by atoms with van der Waals surface area (Å²) in [5.74, 6) is -0.579. The van der Waals surface area contributed by atoms with E-state index in [9.17, 15) is 14.4 Å². The smallest absolute Gasteiger partial charge is 0.261 e. The molecule has 1 aliphatic heterocycles. The van der Waals surface area contributed by atoms with Crippen molar-refractivity contribution >= 4 is 29.1 Å². The number of thiophene rings is 1. The number of hydrogen-bond donors (Lipinski definition) is 0. The van der Waals surface area contributed by atoms with Crippen molar-refractivity contribution in [2.45, 2.75) is 32.0 Å². The van der Waals surface area contributed by atoms with E-state index >= 15 is 0 Å². The van der Waals surface area contributed by atoms with Crippen molar-refractivity contribution in [3.05, 3.63) is 93.2 Å². The topological polar surface area (TPSA) is 57.7 Å². The minimum atomic E-state index is -0.287. The van der Waals surface area contributed by atoms with Gasteiger partial charge in [-0.1, -0.05) is 30.3 Å². The number of benzene rings is 2. The Kier molecular flexibility index (Phi) is 4.71. The van der Waals surface area contributed by atoms with Gasteiger partial charge in [-0.25, -0.2) is 0 Å². The fourth-order valence-electron chi connectivity index (χ4n) is 3.86. The standard InChI is InChI=1S/C24H20N2O3S/c27-22(25(18-10-11-18)15-19-7-4-12-30-19)17-6-3-5-16(13-17)14-26-23(28)20-8-1-2-9-21(20)24(26)29/h1-9,12-13,18H,10-11,14-15H2. The largest absolute Gasteiger partial charge is 0.331 e. The summed E-state index contributed by atoms with van der Waals surface area (Å²) in [6, 6.07) is 18.5. The Labute approximate surface area is 178 Å². The van der Waals surface area contributed by atoms with Crippen molar-refractivity contribution in [1.29, 1.82) is 0 Å². The SMILES string of the molecule is O=C1c2ccccc2C(=O)N1Cc1cccc(C(=O)N(Cc2cccs2)C2CC2)c1. The number of amides is 3. The van der Waals surface area contributed by atoms with E-state index in [-0.39, 0.29) is 24.3 Å². The van der Waals surface area contributed by atoms with Gasteiger partial charge in [0.1, 0.15) is 0 Å². The number of nitrogens with zero attached hydrogens (tertiary/aromatic N) is 2. The molecule has 3 aromatic rings. The van der Waals surface area contributed by atoms with Crippen molar-refractivity contribution in [2.24, 2.45) is 0 Å². The van der Waals surface area contributed by atoms with E-state index in [0.29, 0.717) is 29.3 Å². The Morgan fingerprint density at radius 1 is 0.967 bits per heavy atom. The number of imide groups is 1. The monoisotopic (exact) mass is 416 g/mol. The van der Waals surface area contributed by atoms with Crippen LogP contribution in [0.4, 0.5) is 0 Å². The fraction of sp³-hybridized carbons (Fsp3) is 0.208. The van der Waals surface area contributed by atoms with Crippen molar-refractivity contribution in [2.75, 3.05) is 0 Å². The lowest BCUT2D eigenvalue weighted by Crippen LogP contribution is -2.32. The first-order valence-electron chi connectivity index (χ1n) is 9.99. The molecule has 5 nitrogen and oxygen atoms in total. The van der Waals surface area contributed by atoms with Gasteiger partial charge in [-0.05, 0) is 54.1 Å². The molecule has 0 unspecified atom stereocenters. The lowest BCUT2D eigenvalue weighted by atomic mass is 10.1. The van der Waals surface area contributed by atoms with Crippen molar-refractivity contribution in [3.8, 4) is 0 Å². The van der Waals surface area contributed by atoms with Crippen LogP contribution in [-0.2, 0) is 13.1 Å². The quantitative estimate of drug-likeness (QED) is 0.562. The second-order valence-corrected chi connectivity index (χ2v) is 8.72. The molecule has 1 aliphatic carbocycles. The highest BCUT2D eigenvalue weighted by atomic mass is 32.1. The average Bonchev–Trinajstić information content (AvgIpc) is 3.43. The van der Waals surface area contributed by atoms with Gasteiger partial charge in [0.2, 0.25) is 0 Å². The third kappa shape index (κ3) is 3.44. The number of rotatable bonds is 6. The zero-order chi connectivity index (χ0) is 20.7. The predicted molar refractivity (Wildman–Crippen MR) is 114 cm³/mol. The van der Waals surface area contributed by atoms with Crippen molar-refractivity contribution in [3.63, 3.8) is 0 Å². The molecular weight excluding hydrogens is 396 g/mol. The number of fused-ring (bicyclic) bond motifs is 1. The molecular formula is C24H20N2O3S. The molecule has 0 atom stereocenters. The van der Waals surface area contributed by atoms with Gasteiger partial charge in [-0.2, -0.15) is 0 Å². The van der Waals surface area contributed by atoms with Gasteiger partial charge in [0, 0.05) is 16.5 Å². The summed E-state index contributed by atoms with van der Waals surface area (Å²) >= 11 is 1.65. The van der Waals surface area contributed by atoms with E-state index in [1.165, 1.54) is 4.90 Å². The van der Waals surface area contributed by atoms with Gasteiger partial charge in [0.05, 0.1) is 24.2 Å². The van der Waals surface area contributed by atoms with Crippen LogP contribution in [0.1, 0.15) is 54.4 Å². The molecule has 5 rings (SSSR count). The lowest BCUT2D eigenvalue weighted by molar-refractivity contribution is 0.0642. The van der Waals surface area contributed by atoms with Crippen LogP contribution in [-0.4, -0.2) is 33.6 Å². The molecule has 1 saturated carbocycles. The van der Waals surface area contributed by atoms with E-state index in [1.54, 1.807) is 47.7 Å². The van der Waals surface area contributed by atoms with Gasteiger partial charge in [-0.15, -0.1) is 11.3 Å². The van der Waals surface area contributed by atoms with E-state index < -0.39 is 0 Å². The van der Waals surface area contributed by atoms with E-state index in [2.05, 4.69) is 0 Å². The average molecular weight is 417 g/mol. The number of carbonyl (C=O) groups excluding carboxylic acids is 3. The lowest BCUT2D eigenvalue weighted by Gasteiger charge is -2.22. The molecule has 6 heteroatoms. The van der Waals surface area contributed by atoms with Gasteiger partial charge in [0.15, 0.2) is 0 Å². The minimum absolute atomic E-state index is 0.00453. The van der Waals surface area contributed by atoms with Crippen LogP contribution in [0.15, 0.2) is 66.0 Å². The highest BCUT2D eigenvalue weighted by molar-refractivity contribution is 7.09. The molecule has 1 aromatic heterocycles. The summed E-state index contributed by atoms with van der Waals surface area (Å²) in [6.45, 7) is 0.769. The van der Waals surface area contributed by atoms with Crippen LogP contribution in [0.5, 0.6) is 0 Å². The highest BCUT2D eigenvalue weighted by Gasteiger charge is 2.36. The summed E-state index contributed by atoms with van der Waals surface area (Å²) in [5.41, 5.74) is 2.23. The summed E-state index contributed by atoms with van der Waals surface area (Å²) in [5, 5.41) is 2.02. The molecule has 3 amide bonds. The van der Waals surface area contributed by atoms with Crippen LogP contribution in [0.2, 0.25) is 0 Å². The van der Waals surface area contributed by atoms with Gasteiger partial charge >= 0.3 is 0 Å². The van der Waals surface area contributed by atoms with E-state index in [1.807, 2.05) is 34.5 Å². The molecule has 2 aromatic carbocycles. The van der Waals surface area contributed by atoms with Crippen LogP contribution in [0.3, 0.4) is 0 Å². The van der Waals surface area contributed by atoms with Crippen LogP contribution in [0.25, 0.3) is 0 Å². The molecule has 0 radical (unpaired) electrons. The zero-order valence-corrected chi connectivity index (χ0v) is 17.1. The summed E-state index contributed by atoms with van der Waals surface area (Å²) in [7, 11) is 0. The second-order valence-electron chi connectivity index (χ2n) is 7.69. The van der Waals surface area contributed by atoms with Gasteiger partial charge in [-0.3, -0.25) is 19.3 Å². The third-order valence-corrected chi connectivity index (χ3v) is 6.41. The Morgan fingerprint density at radius 2 is 1.70 bits per heavy atom. The molecule has 2 aliphatic rings. The van der Waals surface area contributed by atoms with Crippen LogP contribution < -0.4 is 0 Å². The minimum Gasteiger partial charge on any atom is -0.331 e. The fourth-order valence-corrected chi connectivity index (χ4v) is 4.56. The Balaban J connectivity index is 1.36. The van der Waals surface area contributed by atoms with Crippen molar-refractivity contribution < 1.29 is 14.4 Å². The summed E-state index contributed by atoms with van der Waals surface area (Å²) in [6.07, 6.45) is 2.07. The molecule has 0 saturated heterocycles. The molecule has 30 heavy (non-hydrogen) atoms. The first kappa shape index (κ1) is 18.8. The molecule has 0 bridgehead atoms. The summed E-state index contributed by atoms with van der Waals surface area (Å²) in [4.78, 5) is 42.9. The predicted octanol–water partition coefficient (Wildman–Crippen LogP) is 4.35. The van der Waals surface area contributed by atoms with Crippen LogP contribution >= 0.6 is 11.3 Å². The first-order chi connectivity index (χ1) is 14.6. The molecule has 2 heterocycles. The van der Waals surface area contributed by atoms with E-state index in [0.717, 1.165) is 23.3 Å². The Hall–Kier alpha value is -3.25. The molecule has 150 valence electrons. The number of hydrogen-bond acceptors (Lipinski definition) is 4. The normalized spacial score (nSPS) is 15.4. The maximum atomic E-state index is 13.2. The zero-order valence-electron chi connectivity index (χ0n) is 16.3. The van der Waals surface area contributed by atoms with Gasteiger partial charge in [0.25, 0.3) is 17.7 Å². The third-order valence-electron chi connectivity index (χ3n) is 5.55. The first-order valence-corrected chi connectivity index (χ1v) is 10.9. The Bertz CT molecular complexity index is 1100. The number of carbonyl (C=O) groups is 3. The highest BCUT2D eigenvalue weighted by Crippen LogP contribution is 2.31.